The van der Waals surface area contributed by atoms with Crippen LogP contribution in [0.4, 0.5) is 4.79 Å². The molecule has 0 radical (unpaired) electrons. The van der Waals surface area contributed by atoms with Crippen molar-refractivity contribution in [1.29, 1.82) is 0 Å². The second-order valence-corrected chi connectivity index (χ2v) is 7.88. The van der Waals surface area contributed by atoms with Gasteiger partial charge in [-0.15, -0.1) is 11.7 Å². The SMILES string of the molecule is CSCC(C)CCCOCCN1CCOC(CNC(=O)SS)C1. The number of thiol groups is 1. The molecule has 136 valence electrons. The van der Waals surface area contributed by atoms with Gasteiger partial charge in [0.25, 0.3) is 5.24 Å². The van der Waals surface area contributed by atoms with E-state index in [9.17, 15) is 4.79 Å². The van der Waals surface area contributed by atoms with Gasteiger partial charge in [0.1, 0.15) is 0 Å². The molecule has 5 nitrogen and oxygen atoms in total. The molecular formula is C15H30N2O3S3. The fourth-order valence-corrected chi connectivity index (χ4v) is 3.61. The van der Waals surface area contributed by atoms with Crippen molar-refractivity contribution in [1.82, 2.24) is 10.2 Å². The van der Waals surface area contributed by atoms with E-state index >= 15 is 0 Å². The fraction of sp³-hybridized carbons (Fsp3) is 0.933. The number of carbonyl (C=O) groups is 1. The highest BCUT2D eigenvalue weighted by Crippen LogP contribution is 2.11. The van der Waals surface area contributed by atoms with Gasteiger partial charge in [-0.25, -0.2) is 0 Å². The Bertz CT molecular complexity index is 324. The van der Waals surface area contributed by atoms with Crippen molar-refractivity contribution in [2.45, 2.75) is 25.9 Å². The maximum atomic E-state index is 11.2. The minimum atomic E-state index is -0.131. The number of nitrogens with one attached hydrogen (secondary N) is 1. The van der Waals surface area contributed by atoms with E-state index in [0.717, 1.165) is 56.0 Å². The summed E-state index contributed by atoms with van der Waals surface area (Å²) >= 11 is 5.78. The molecule has 2 unspecified atom stereocenters. The van der Waals surface area contributed by atoms with Gasteiger partial charge in [-0.3, -0.25) is 9.69 Å². The molecule has 1 amide bonds. The summed E-state index contributed by atoms with van der Waals surface area (Å²) in [7, 11) is 0.894. The molecule has 0 aromatic heterocycles. The summed E-state index contributed by atoms with van der Waals surface area (Å²) in [6.07, 6.45) is 4.59. The standard InChI is InChI=1S/C15H30N2O3S3/c1-13(12-22-2)4-3-7-19-8-5-17-6-9-20-14(11-17)10-16-15(18)23-21/h13-14,21H,3-12H2,1-2H3,(H,16,18). The van der Waals surface area contributed by atoms with Crippen LogP contribution in [0.5, 0.6) is 0 Å². The van der Waals surface area contributed by atoms with E-state index in [2.05, 4.69) is 35.1 Å². The lowest BCUT2D eigenvalue weighted by molar-refractivity contribution is -0.0336. The summed E-state index contributed by atoms with van der Waals surface area (Å²) < 4.78 is 11.4. The average molecular weight is 383 g/mol. The molecule has 1 aliphatic rings. The Morgan fingerprint density at radius 3 is 3.09 bits per heavy atom. The van der Waals surface area contributed by atoms with Crippen LogP contribution >= 0.6 is 34.2 Å². The first-order chi connectivity index (χ1) is 11.2. The minimum Gasteiger partial charge on any atom is -0.380 e. The zero-order valence-electron chi connectivity index (χ0n) is 14.2. The maximum Gasteiger partial charge on any atom is 0.289 e. The number of carbonyl (C=O) groups excluding carboxylic acids is 1. The van der Waals surface area contributed by atoms with E-state index in [4.69, 9.17) is 9.47 Å². The number of amides is 1. The van der Waals surface area contributed by atoms with E-state index in [1.54, 1.807) is 0 Å². The van der Waals surface area contributed by atoms with Crippen molar-refractivity contribution in [3.05, 3.63) is 0 Å². The van der Waals surface area contributed by atoms with Crippen LogP contribution < -0.4 is 5.32 Å². The van der Waals surface area contributed by atoms with Gasteiger partial charge in [-0.05, 0) is 30.8 Å². The first-order valence-electron chi connectivity index (χ1n) is 8.15. The minimum absolute atomic E-state index is 0.0561. The van der Waals surface area contributed by atoms with Crippen LogP contribution in [0.25, 0.3) is 0 Å². The van der Waals surface area contributed by atoms with Crippen LogP contribution in [0, 0.1) is 5.92 Å². The fourth-order valence-electron chi connectivity index (χ4n) is 2.53. The van der Waals surface area contributed by atoms with Crippen LogP contribution in [0.3, 0.4) is 0 Å². The first kappa shape index (κ1) is 21.4. The van der Waals surface area contributed by atoms with Crippen LogP contribution in [0.1, 0.15) is 19.8 Å². The highest BCUT2D eigenvalue weighted by Gasteiger charge is 2.20. The first-order valence-corrected chi connectivity index (χ1v) is 11.4. The van der Waals surface area contributed by atoms with E-state index in [1.807, 2.05) is 11.8 Å². The lowest BCUT2D eigenvalue weighted by Crippen LogP contribution is -2.47. The van der Waals surface area contributed by atoms with E-state index in [0.29, 0.717) is 13.2 Å². The van der Waals surface area contributed by atoms with Gasteiger partial charge in [0.15, 0.2) is 0 Å². The molecule has 1 N–H and O–H groups in total. The van der Waals surface area contributed by atoms with Gasteiger partial charge < -0.3 is 14.8 Å². The molecular weight excluding hydrogens is 352 g/mol. The van der Waals surface area contributed by atoms with Gasteiger partial charge in [-0.2, -0.15) is 11.8 Å². The van der Waals surface area contributed by atoms with Crippen molar-refractivity contribution in [2.24, 2.45) is 5.92 Å². The third-order valence-corrected chi connectivity index (χ3v) is 5.48. The van der Waals surface area contributed by atoms with Crippen LogP contribution in [0.2, 0.25) is 0 Å². The van der Waals surface area contributed by atoms with Crippen molar-refractivity contribution in [2.75, 3.05) is 58.0 Å². The number of morpholine rings is 1. The molecule has 1 fully saturated rings. The van der Waals surface area contributed by atoms with Crippen molar-refractivity contribution in [3.8, 4) is 0 Å². The highest BCUT2D eigenvalue weighted by molar-refractivity contribution is 8.74. The van der Waals surface area contributed by atoms with Crippen LogP contribution in [-0.2, 0) is 9.47 Å². The molecule has 0 spiro atoms. The maximum absolute atomic E-state index is 11.2. The molecule has 8 heteroatoms. The number of rotatable bonds is 11. The van der Waals surface area contributed by atoms with Crippen molar-refractivity contribution >= 4 is 39.5 Å². The quantitative estimate of drug-likeness (QED) is 0.326. The molecule has 1 rings (SSSR count). The second kappa shape index (κ2) is 13.7. The zero-order valence-corrected chi connectivity index (χ0v) is 16.7. The molecule has 0 bridgehead atoms. The molecule has 0 aliphatic carbocycles. The average Bonchev–Trinajstić information content (AvgIpc) is 2.56. The Labute approximate surface area is 153 Å². The number of hydrogen-bond acceptors (Lipinski definition) is 7. The number of ether oxygens (including phenoxy) is 2. The summed E-state index contributed by atoms with van der Waals surface area (Å²) in [5, 5.41) is 2.66. The molecule has 1 heterocycles. The molecule has 1 saturated heterocycles. The van der Waals surface area contributed by atoms with Crippen molar-refractivity contribution < 1.29 is 14.3 Å². The highest BCUT2D eigenvalue weighted by atomic mass is 33.1. The summed E-state index contributed by atoms with van der Waals surface area (Å²) in [5.74, 6) is 2.01. The third-order valence-electron chi connectivity index (χ3n) is 3.77. The Kier molecular flexibility index (Phi) is 12.7. The third kappa shape index (κ3) is 10.8. The molecule has 1 aliphatic heterocycles. The topological polar surface area (TPSA) is 50.8 Å². The number of thioether (sulfide) groups is 1. The van der Waals surface area contributed by atoms with E-state index < -0.39 is 0 Å². The second-order valence-electron chi connectivity index (χ2n) is 5.87. The molecule has 23 heavy (non-hydrogen) atoms. The predicted molar refractivity (Wildman–Crippen MR) is 104 cm³/mol. The Morgan fingerprint density at radius 1 is 1.52 bits per heavy atom. The van der Waals surface area contributed by atoms with E-state index in [-0.39, 0.29) is 11.3 Å². The Morgan fingerprint density at radius 2 is 2.35 bits per heavy atom. The van der Waals surface area contributed by atoms with Gasteiger partial charge in [0, 0.05) is 43.6 Å². The molecule has 0 aromatic carbocycles. The number of hydrogen-bond donors (Lipinski definition) is 2. The van der Waals surface area contributed by atoms with Crippen molar-refractivity contribution in [3.63, 3.8) is 0 Å². The van der Waals surface area contributed by atoms with Gasteiger partial charge in [0.05, 0.1) is 19.3 Å². The van der Waals surface area contributed by atoms with Crippen LogP contribution in [-0.4, -0.2) is 74.3 Å². The predicted octanol–water partition coefficient (Wildman–Crippen LogP) is 2.77. The smallest absolute Gasteiger partial charge is 0.289 e. The Balaban J connectivity index is 2.03. The lowest BCUT2D eigenvalue weighted by Gasteiger charge is -2.32. The van der Waals surface area contributed by atoms with Gasteiger partial charge in [0.2, 0.25) is 0 Å². The summed E-state index contributed by atoms with van der Waals surface area (Å²) in [4.78, 5) is 13.5. The van der Waals surface area contributed by atoms with E-state index in [1.165, 1.54) is 12.2 Å². The summed E-state index contributed by atoms with van der Waals surface area (Å²) in [6, 6.07) is 0. The number of nitrogens with zero attached hydrogens (tertiary/aromatic N) is 1. The van der Waals surface area contributed by atoms with Gasteiger partial charge >= 0.3 is 0 Å². The molecule has 2 atom stereocenters. The van der Waals surface area contributed by atoms with Crippen LogP contribution in [0.15, 0.2) is 0 Å². The molecule has 0 saturated carbocycles. The Hall–Kier alpha value is 0.400. The monoisotopic (exact) mass is 382 g/mol. The largest absolute Gasteiger partial charge is 0.380 e. The lowest BCUT2D eigenvalue weighted by atomic mass is 10.1. The molecule has 0 aromatic rings. The summed E-state index contributed by atoms with van der Waals surface area (Å²) in [6.45, 7) is 7.86. The normalized spacial score (nSPS) is 20.4. The zero-order chi connectivity index (χ0) is 16.9. The summed E-state index contributed by atoms with van der Waals surface area (Å²) in [5.41, 5.74) is 0. The van der Waals surface area contributed by atoms with Gasteiger partial charge in [-0.1, -0.05) is 6.92 Å².